The molecule has 0 spiro atoms. The van der Waals surface area contributed by atoms with E-state index in [1.165, 1.54) is 17.0 Å². The minimum Gasteiger partial charge on any atom is -0.461 e. The van der Waals surface area contributed by atoms with Crippen molar-refractivity contribution in [2.75, 3.05) is 31.5 Å². The molecule has 20 heteroatoms. The van der Waals surface area contributed by atoms with E-state index < -0.39 is 71.6 Å². The third-order valence-corrected chi connectivity index (χ3v) is 10.2. The van der Waals surface area contributed by atoms with Crippen molar-refractivity contribution in [2.45, 2.75) is 122 Å². The predicted octanol–water partition coefficient (Wildman–Crippen LogP) is 4.80. The highest BCUT2D eigenvalue weighted by atomic mass is 19.4. The van der Waals surface area contributed by atoms with Gasteiger partial charge in [-0.25, -0.2) is 18.4 Å². The van der Waals surface area contributed by atoms with Crippen molar-refractivity contribution in [1.29, 1.82) is 0 Å². The number of esters is 1. The van der Waals surface area contributed by atoms with Crippen LogP contribution in [0.2, 0.25) is 0 Å². The Labute approximate surface area is 357 Å². The predicted molar refractivity (Wildman–Crippen MR) is 217 cm³/mol. The summed E-state index contributed by atoms with van der Waals surface area (Å²) >= 11 is 0. The summed E-state index contributed by atoms with van der Waals surface area (Å²) in [6, 6.07) is 3.77. The smallest absolute Gasteiger partial charge is 0.416 e. The normalized spacial score (nSPS) is 23.0. The third-order valence-electron chi connectivity index (χ3n) is 10.2. The number of ether oxygens (including phenoxy) is 1. The molecule has 4 saturated heterocycles. The highest BCUT2D eigenvalue weighted by Gasteiger charge is 2.43. The molecule has 5 N–H and O–H groups in total. The standard InChI is InChI=1S/C23H34N4O6.C10H10F3N3O2.C7H6F2.C2H6/c1-14-13-19(28)25-11-5-8-17(25)22(31)26-10-4-3-7-16(26)20(29)24-15(2)21(30)27-12-6-9-18(27)23(32)33-14;11-10(12,13)6-1-3-7(4-2-6)16-9(18)15-5-8(14)17;1-5-2-6(8)4-7(9)3-5;1-2/h14-18H,3-13H2,1-2H3,(H,24,29);1-4H,5H2,(H2,14,17)(H2,15,16,18);2-4H,1H3;1-2H3. The quantitative estimate of drug-likeness (QED) is 0.249. The van der Waals surface area contributed by atoms with Crippen LogP contribution in [0, 0.1) is 18.6 Å². The third kappa shape index (κ3) is 14.7. The van der Waals surface area contributed by atoms with E-state index >= 15 is 0 Å². The molecule has 2 aromatic carbocycles. The highest BCUT2D eigenvalue weighted by Crippen LogP contribution is 2.30. The van der Waals surface area contributed by atoms with Gasteiger partial charge in [-0.3, -0.25) is 24.0 Å². The van der Waals surface area contributed by atoms with E-state index in [4.69, 9.17) is 10.5 Å². The van der Waals surface area contributed by atoms with Gasteiger partial charge in [0.05, 0.1) is 18.5 Å². The molecule has 62 heavy (non-hydrogen) atoms. The van der Waals surface area contributed by atoms with Crippen LogP contribution in [0.25, 0.3) is 0 Å². The SMILES string of the molecule is CC.CC1CC(=O)N2CCCC2C(=O)N2CCCCC2C(=O)NC(C)C(=O)N2CCCC2C(=O)O1.Cc1cc(F)cc(F)c1.NC(=O)CNC(=O)Nc1ccc(C(F)(F)F)cc1. The number of hydrogen-bond acceptors (Lipinski definition) is 8. The average Bonchev–Trinajstić information content (AvgIpc) is 3.91. The van der Waals surface area contributed by atoms with Crippen molar-refractivity contribution < 1.29 is 60.3 Å². The molecule has 4 heterocycles. The monoisotopic (exact) mass is 881 g/mol. The van der Waals surface area contributed by atoms with Gasteiger partial charge in [0.25, 0.3) is 0 Å². The van der Waals surface area contributed by atoms with E-state index in [9.17, 15) is 55.5 Å². The maximum Gasteiger partial charge on any atom is 0.416 e. The van der Waals surface area contributed by atoms with Crippen molar-refractivity contribution in [1.82, 2.24) is 25.3 Å². The molecule has 4 aliphatic rings. The molecule has 0 aliphatic carbocycles. The van der Waals surface area contributed by atoms with Crippen LogP contribution in [0.3, 0.4) is 0 Å². The van der Waals surface area contributed by atoms with Crippen LogP contribution in [-0.2, 0) is 39.7 Å². The Morgan fingerprint density at radius 2 is 1.34 bits per heavy atom. The number of cyclic esters (lactones) is 1. The fourth-order valence-corrected chi connectivity index (χ4v) is 7.34. The van der Waals surface area contributed by atoms with Gasteiger partial charge in [-0.05, 0) is 108 Å². The number of benzene rings is 2. The van der Waals surface area contributed by atoms with Gasteiger partial charge in [-0.1, -0.05) is 13.8 Å². The Hall–Kier alpha value is -5.82. The number of piperidine rings is 1. The lowest BCUT2D eigenvalue weighted by molar-refractivity contribution is -0.160. The summed E-state index contributed by atoms with van der Waals surface area (Å²) in [5.74, 6) is -3.44. The zero-order valence-corrected chi connectivity index (χ0v) is 35.5. The Balaban J connectivity index is 0.000000294. The number of urea groups is 1. The molecule has 0 bridgehead atoms. The summed E-state index contributed by atoms with van der Waals surface area (Å²) < 4.78 is 66.6. The second kappa shape index (κ2) is 23.4. The Morgan fingerprint density at radius 3 is 1.92 bits per heavy atom. The number of alkyl halides is 3. The minimum absolute atomic E-state index is 0.0174. The van der Waals surface area contributed by atoms with Crippen molar-refractivity contribution >= 4 is 47.2 Å². The Morgan fingerprint density at radius 1 is 0.790 bits per heavy atom. The molecule has 4 fully saturated rings. The molecule has 342 valence electrons. The molecule has 2 aromatic rings. The largest absolute Gasteiger partial charge is 0.461 e. The summed E-state index contributed by atoms with van der Waals surface area (Å²) in [6.45, 7) is 9.91. The molecule has 0 radical (unpaired) electrons. The molecule has 5 unspecified atom stereocenters. The second-order valence-corrected chi connectivity index (χ2v) is 15.0. The summed E-state index contributed by atoms with van der Waals surface area (Å²) in [5.41, 5.74) is 4.76. The van der Waals surface area contributed by atoms with Crippen molar-refractivity contribution in [3.8, 4) is 0 Å². The molecule has 4 aliphatic heterocycles. The number of primary amides is 1. The number of carbonyl (C=O) groups excluding carboxylic acids is 7. The van der Waals surface area contributed by atoms with Gasteiger partial charge in [0, 0.05) is 31.4 Å². The van der Waals surface area contributed by atoms with Gasteiger partial charge < -0.3 is 41.1 Å². The average molecular weight is 882 g/mol. The number of anilines is 1. The fraction of sp³-hybridized carbons (Fsp3) is 0.548. The van der Waals surface area contributed by atoms with Crippen LogP contribution in [0.4, 0.5) is 32.4 Å². The summed E-state index contributed by atoms with van der Waals surface area (Å²) in [5, 5.41) is 7.16. The second-order valence-electron chi connectivity index (χ2n) is 15.0. The highest BCUT2D eigenvalue weighted by molar-refractivity contribution is 5.96. The molecule has 0 saturated carbocycles. The molecule has 5 atom stereocenters. The Kier molecular flexibility index (Phi) is 19.1. The number of carbonyl (C=O) groups is 7. The topological polar surface area (TPSA) is 201 Å². The van der Waals surface area contributed by atoms with Gasteiger partial charge in [-0.2, -0.15) is 13.2 Å². The lowest BCUT2D eigenvalue weighted by atomic mass is 9.99. The maximum atomic E-state index is 13.5. The van der Waals surface area contributed by atoms with Crippen LogP contribution >= 0.6 is 0 Å². The summed E-state index contributed by atoms with van der Waals surface area (Å²) in [6.07, 6.45) is -0.545. The first-order valence-corrected chi connectivity index (χ1v) is 20.6. The van der Waals surface area contributed by atoms with E-state index in [2.05, 4.69) is 16.0 Å². The van der Waals surface area contributed by atoms with Gasteiger partial charge in [-0.15, -0.1) is 0 Å². The van der Waals surface area contributed by atoms with Crippen LogP contribution in [-0.4, -0.2) is 113 Å². The lowest BCUT2D eigenvalue weighted by Gasteiger charge is -2.38. The first kappa shape index (κ1) is 50.5. The Bertz CT molecular complexity index is 1850. The van der Waals surface area contributed by atoms with Crippen LogP contribution in [0.1, 0.15) is 90.2 Å². The van der Waals surface area contributed by atoms with Gasteiger partial charge in [0.15, 0.2) is 0 Å². The van der Waals surface area contributed by atoms with E-state index in [1.54, 1.807) is 30.6 Å². The van der Waals surface area contributed by atoms with Crippen LogP contribution in [0.5, 0.6) is 0 Å². The van der Waals surface area contributed by atoms with Gasteiger partial charge in [0.2, 0.25) is 29.5 Å². The number of hydrogen-bond donors (Lipinski definition) is 4. The number of amides is 7. The van der Waals surface area contributed by atoms with Gasteiger partial charge in [0.1, 0.15) is 41.9 Å². The lowest BCUT2D eigenvalue weighted by Crippen LogP contribution is -2.59. The summed E-state index contributed by atoms with van der Waals surface area (Å²) in [4.78, 5) is 91.7. The van der Waals surface area contributed by atoms with Crippen molar-refractivity contribution in [3.63, 3.8) is 0 Å². The van der Waals surface area contributed by atoms with Crippen molar-refractivity contribution in [2.24, 2.45) is 5.73 Å². The van der Waals surface area contributed by atoms with Crippen LogP contribution in [0.15, 0.2) is 42.5 Å². The first-order chi connectivity index (χ1) is 29.2. The molecule has 15 nitrogen and oxygen atoms in total. The number of nitrogens with zero attached hydrogens (tertiary/aromatic N) is 3. The fourth-order valence-electron chi connectivity index (χ4n) is 7.34. The van der Waals surface area contributed by atoms with E-state index in [-0.39, 0.29) is 42.3 Å². The molecule has 7 amide bonds. The number of nitrogens with one attached hydrogen (secondary N) is 3. The number of fused-ring (bicyclic) bond motifs is 3. The number of aryl methyl sites for hydroxylation is 1. The number of nitrogens with two attached hydrogens (primary N) is 1. The van der Waals surface area contributed by atoms with E-state index in [0.29, 0.717) is 57.3 Å². The zero-order chi connectivity index (χ0) is 46.3. The molecular weight excluding hydrogens is 825 g/mol. The first-order valence-electron chi connectivity index (χ1n) is 20.6. The molecule has 6 rings (SSSR count). The van der Waals surface area contributed by atoms with Crippen LogP contribution < -0.4 is 21.7 Å². The van der Waals surface area contributed by atoms with Gasteiger partial charge >= 0.3 is 18.2 Å². The minimum atomic E-state index is -4.42. The molecule has 0 aromatic heterocycles. The maximum absolute atomic E-state index is 13.5. The van der Waals surface area contributed by atoms with Crippen molar-refractivity contribution in [3.05, 3.63) is 65.2 Å². The number of halogens is 5. The van der Waals surface area contributed by atoms with E-state index in [0.717, 1.165) is 43.2 Å². The number of rotatable bonds is 3. The molecular formula is C42H56F5N7O8. The van der Waals surface area contributed by atoms with E-state index in [1.807, 2.05) is 13.8 Å². The zero-order valence-electron chi connectivity index (χ0n) is 35.5. The summed E-state index contributed by atoms with van der Waals surface area (Å²) in [7, 11) is 0.